The van der Waals surface area contributed by atoms with E-state index in [2.05, 4.69) is 20.2 Å². The first kappa shape index (κ1) is 27.5. The maximum absolute atomic E-state index is 6.02. The first-order valence-electron chi connectivity index (χ1n) is 12.3. The summed E-state index contributed by atoms with van der Waals surface area (Å²) >= 11 is 11.9. The Morgan fingerprint density at radius 2 is 1.30 bits per heavy atom. The molecule has 0 unspecified atom stereocenters. The molecule has 11 heteroatoms. The minimum Gasteiger partial charge on any atom is -0.487 e. The van der Waals surface area contributed by atoms with Crippen LogP contribution in [0.5, 0.6) is 11.5 Å². The molecule has 3 aromatic rings. The van der Waals surface area contributed by atoms with Crippen molar-refractivity contribution >= 4 is 51.3 Å². The highest BCUT2D eigenvalue weighted by atomic mass is 35.5. The topological polar surface area (TPSA) is 87.2 Å². The highest BCUT2D eigenvalue weighted by Gasteiger charge is 2.14. The number of nitrogens with zero attached hydrogens (tertiary/aromatic N) is 3. The van der Waals surface area contributed by atoms with E-state index in [1.807, 2.05) is 36.4 Å². The van der Waals surface area contributed by atoms with E-state index in [0.717, 1.165) is 35.4 Å². The van der Waals surface area contributed by atoms with Crippen LogP contribution in [-0.4, -0.2) is 87.7 Å². The van der Waals surface area contributed by atoms with E-state index in [9.17, 15) is 0 Å². The molecule has 9 nitrogen and oxygen atoms in total. The molecular weight excluding hydrogens is 519 g/mol. The Hall–Kier alpha value is -2.56. The average molecular weight is 551 g/mol. The third-order valence-corrected chi connectivity index (χ3v) is 5.96. The molecule has 200 valence electrons. The smallest absolute Gasteiger partial charge is 0.163 e. The van der Waals surface area contributed by atoms with Crippen molar-refractivity contribution in [3.05, 3.63) is 42.7 Å². The summed E-state index contributed by atoms with van der Waals surface area (Å²) in [7, 11) is 0. The van der Waals surface area contributed by atoms with Gasteiger partial charge >= 0.3 is 0 Å². The molecule has 0 saturated heterocycles. The molecule has 2 heterocycles. The summed E-state index contributed by atoms with van der Waals surface area (Å²) in [5.41, 5.74) is 2.68. The van der Waals surface area contributed by atoms with Crippen LogP contribution in [-0.2, 0) is 14.2 Å². The molecule has 2 aromatic carbocycles. The number of ether oxygens (including phenoxy) is 5. The van der Waals surface area contributed by atoms with Crippen LogP contribution in [0.3, 0.4) is 0 Å². The van der Waals surface area contributed by atoms with Crippen LogP contribution in [0.4, 0.5) is 17.2 Å². The number of anilines is 3. The number of rotatable bonds is 7. The quantitative estimate of drug-likeness (QED) is 0.427. The van der Waals surface area contributed by atoms with E-state index in [4.69, 9.17) is 46.9 Å². The lowest BCUT2D eigenvalue weighted by molar-refractivity contribution is 0.00708. The third kappa shape index (κ3) is 8.21. The molecule has 0 saturated carbocycles. The van der Waals surface area contributed by atoms with Crippen molar-refractivity contribution in [1.29, 1.82) is 0 Å². The van der Waals surface area contributed by atoms with Gasteiger partial charge in [-0.15, -0.1) is 23.2 Å². The van der Waals surface area contributed by atoms with Gasteiger partial charge in [-0.3, -0.25) is 0 Å². The van der Waals surface area contributed by atoms with Crippen LogP contribution >= 0.6 is 23.2 Å². The monoisotopic (exact) mass is 550 g/mol. The van der Waals surface area contributed by atoms with Crippen molar-refractivity contribution in [3.63, 3.8) is 0 Å². The lowest BCUT2D eigenvalue weighted by Crippen LogP contribution is -2.27. The van der Waals surface area contributed by atoms with Gasteiger partial charge in [-0.05, 0) is 30.3 Å². The molecule has 0 amide bonds. The predicted octanol–water partition coefficient (Wildman–Crippen LogP) is 4.48. The summed E-state index contributed by atoms with van der Waals surface area (Å²) in [5.74, 6) is 2.92. The first-order valence-corrected chi connectivity index (χ1v) is 13.4. The second-order valence-corrected chi connectivity index (χ2v) is 8.87. The average Bonchev–Trinajstić information content (AvgIpc) is 2.92. The highest BCUT2D eigenvalue weighted by Crippen LogP contribution is 2.35. The zero-order chi connectivity index (χ0) is 25.7. The Morgan fingerprint density at radius 3 is 1.89 bits per heavy atom. The zero-order valence-electron chi connectivity index (χ0n) is 20.7. The summed E-state index contributed by atoms with van der Waals surface area (Å²) in [6.07, 6.45) is 1.53. The Labute approximate surface area is 226 Å². The van der Waals surface area contributed by atoms with Crippen molar-refractivity contribution < 1.29 is 23.7 Å². The molecular formula is C26H32Cl2N4O5. The van der Waals surface area contributed by atoms with E-state index in [1.165, 1.54) is 6.33 Å². The summed E-state index contributed by atoms with van der Waals surface area (Å²) in [5, 5.41) is 4.21. The number of nitrogens with one attached hydrogen (secondary N) is 1. The second kappa shape index (κ2) is 15.0. The highest BCUT2D eigenvalue weighted by molar-refractivity contribution is 6.18. The summed E-state index contributed by atoms with van der Waals surface area (Å²) in [4.78, 5) is 11.1. The second-order valence-electron chi connectivity index (χ2n) is 8.11. The van der Waals surface area contributed by atoms with Crippen molar-refractivity contribution in [1.82, 2.24) is 9.97 Å². The van der Waals surface area contributed by atoms with Crippen LogP contribution in [0.25, 0.3) is 10.9 Å². The number of fused-ring (bicyclic) bond motifs is 2. The summed E-state index contributed by atoms with van der Waals surface area (Å²) in [6, 6.07) is 11.8. The van der Waals surface area contributed by atoms with Crippen LogP contribution in [0.1, 0.15) is 0 Å². The van der Waals surface area contributed by atoms with Crippen molar-refractivity contribution in [3.8, 4) is 11.5 Å². The van der Waals surface area contributed by atoms with Gasteiger partial charge in [0.2, 0.25) is 0 Å². The van der Waals surface area contributed by atoms with Gasteiger partial charge in [-0.2, -0.15) is 0 Å². The predicted molar refractivity (Wildman–Crippen MR) is 146 cm³/mol. The molecule has 0 atom stereocenters. The van der Waals surface area contributed by atoms with Gasteiger partial charge in [0, 0.05) is 47.7 Å². The third-order valence-electron chi connectivity index (χ3n) is 5.62. The number of benzene rings is 2. The summed E-state index contributed by atoms with van der Waals surface area (Å²) in [6.45, 7) is 5.14. The molecule has 0 spiro atoms. The fourth-order valence-corrected chi connectivity index (χ4v) is 4.23. The lowest BCUT2D eigenvalue weighted by atomic mass is 10.2. The van der Waals surface area contributed by atoms with Gasteiger partial charge in [0.05, 0.1) is 45.2 Å². The van der Waals surface area contributed by atoms with Gasteiger partial charge in [0.1, 0.15) is 25.4 Å². The molecule has 0 radical (unpaired) electrons. The van der Waals surface area contributed by atoms with Gasteiger partial charge in [-0.1, -0.05) is 0 Å². The molecule has 1 aromatic heterocycles. The van der Waals surface area contributed by atoms with Crippen LogP contribution in [0, 0.1) is 0 Å². The van der Waals surface area contributed by atoms with E-state index in [0.29, 0.717) is 81.9 Å². The van der Waals surface area contributed by atoms with Gasteiger partial charge in [0.15, 0.2) is 11.5 Å². The van der Waals surface area contributed by atoms with Crippen LogP contribution in [0.2, 0.25) is 0 Å². The van der Waals surface area contributed by atoms with Crippen molar-refractivity contribution in [2.24, 2.45) is 0 Å². The van der Waals surface area contributed by atoms with Gasteiger partial charge in [0.25, 0.3) is 0 Å². The van der Waals surface area contributed by atoms with E-state index >= 15 is 0 Å². The Kier molecular flexibility index (Phi) is 11.1. The number of halogens is 2. The van der Waals surface area contributed by atoms with Crippen molar-refractivity contribution in [2.45, 2.75) is 0 Å². The molecule has 1 N–H and O–H groups in total. The van der Waals surface area contributed by atoms with Crippen LogP contribution in [0.15, 0.2) is 42.7 Å². The molecule has 0 aliphatic carbocycles. The number of alkyl halides is 2. The Balaban J connectivity index is 1.54. The molecule has 0 bridgehead atoms. The Morgan fingerprint density at radius 1 is 0.730 bits per heavy atom. The largest absolute Gasteiger partial charge is 0.487 e. The Bertz CT molecular complexity index is 1100. The van der Waals surface area contributed by atoms with Gasteiger partial charge < -0.3 is 33.9 Å². The first-order chi connectivity index (χ1) is 18.3. The SMILES string of the molecule is ClCCN(CCCl)c1ccc(Nc2ncnc3cc4c(cc23)OCCOCCOCCOCCO4)cc1. The van der Waals surface area contributed by atoms with Gasteiger partial charge in [-0.25, -0.2) is 9.97 Å². The molecule has 37 heavy (non-hydrogen) atoms. The van der Waals surface area contributed by atoms with E-state index in [-0.39, 0.29) is 0 Å². The molecule has 4 rings (SSSR count). The van der Waals surface area contributed by atoms with E-state index < -0.39 is 0 Å². The van der Waals surface area contributed by atoms with E-state index in [1.54, 1.807) is 0 Å². The number of aromatic nitrogens is 2. The number of hydrogen-bond donors (Lipinski definition) is 1. The maximum Gasteiger partial charge on any atom is 0.163 e. The standard InChI is InChI=1S/C26H32Cl2N4O5/c27-5-7-32(8-6-28)21-3-1-20(2-4-21)31-26-22-17-24-25(18-23(22)29-19-30-26)37-16-14-35-12-10-33-9-11-34-13-15-36-24/h1-4,17-19H,5-16H2,(H,29,30,31). The molecule has 1 aliphatic heterocycles. The molecule has 1 aliphatic rings. The maximum atomic E-state index is 6.02. The summed E-state index contributed by atoms with van der Waals surface area (Å²) < 4.78 is 28.6. The fraction of sp³-hybridized carbons (Fsp3) is 0.462. The zero-order valence-corrected chi connectivity index (χ0v) is 22.2. The minimum atomic E-state index is 0.372. The number of hydrogen-bond acceptors (Lipinski definition) is 9. The van der Waals surface area contributed by atoms with Crippen molar-refractivity contribution in [2.75, 3.05) is 87.9 Å². The normalized spacial score (nSPS) is 15.5. The fourth-order valence-electron chi connectivity index (χ4n) is 3.82. The molecule has 0 fully saturated rings. The minimum absolute atomic E-state index is 0.372. The lowest BCUT2D eigenvalue weighted by Gasteiger charge is -2.23. The van der Waals surface area contributed by atoms with Crippen LogP contribution < -0.4 is 19.7 Å².